The summed E-state index contributed by atoms with van der Waals surface area (Å²) in [6.07, 6.45) is 0.395. The van der Waals surface area contributed by atoms with Crippen LogP contribution >= 0.6 is 0 Å². The van der Waals surface area contributed by atoms with Crippen LogP contribution in [0.3, 0.4) is 0 Å². The number of carbonyl (C=O) groups excluding carboxylic acids is 1. The summed E-state index contributed by atoms with van der Waals surface area (Å²) < 4.78 is 15.7. The molecule has 0 fully saturated rings. The first-order chi connectivity index (χ1) is 4.26. The maximum Gasteiger partial charge on any atom is 0.339 e. The monoisotopic (exact) mass is 134 g/mol. The summed E-state index contributed by atoms with van der Waals surface area (Å²) in [4.78, 5) is 10.3. The molecule has 0 aromatic rings. The molecule has 3 nitrogen and oxygen atoms in total. The van der Waals surface area contributed by atoms with Crippen molar-refractivity contribution in [2.45, 2.75) is 0 Å². The van der Waals surface area contributed by atoms with E-state index in [0.717, 1.165) is 7.11 Å². The van der Waals surface area contributed by atoms with Gasteiger partial charge in [-0.15, -0.1) is 0 Å². The maximum absolute atomic E-state index is 11.6. The molecule has 0 unspecified atom stereocenters. The van der Waals surface area contributed by atoms with Gasteiger partial charge < -0.3 is 9.84 Å². The van der Waals surface area contributed by atoms with Gasteiger partial charge in [0.15, 0.2) is 0 Å². The van der Waals surface area contributed by atoms with Gasteiger partial charge in [0, 0.05) is 0 Å². The van der Waals surface area contributed by atoms with Crippen LogP contribution in [-0.4, -0.2) is 24.9 Å². The molecule has 0 bridgehead atoms. The minimum atomic E-state index is -1.01. The largest absolute Gasteiger partial charge is 0.515 e. The van der Waals surface area contributed by atoms with Crippen LogP contribution in [-0.2, 0) is 9.53 Å². The minimum absolute atomic E-state index is 0.377. The molecule has 0 rings (SSSR count). The number of rotatable bonds is 2. The first kappa shape index (κ1) is 7.94. The predicted molar refractivity (Wildman–Crippen MR) is 28.7 cm³/mol. The Hall–Kier alpha value is -1.06. The maximum atomic E-state index is 11.6. The third kappa shape index (κ3) is 2.12. The van der Waals surface area contributed by atoms with Crippen LogP contribution in [0.1, 0.15) is 0 Å². The van der Waals surface area contributed by atoms with Crippen molar-refractivity contribution in [1.29, 1.82) is 0 Å². The molecule has 0 spiro atoms. The topological polar surface area (TPSA) is 46.5 Å². The number of ether oxygens (including phenoxy) is 1. The number of esters is 1. The zero-order chi connectivity index (χ0) is 7.28. The molecule has 0 aliphatic heterocycles. The van der Waals surface area contributed by atoms with E-state index >= 15 is 0 Å². The van der Waals surface area contributed by atoms with Gasteiger partial charge in [-0.25, -0.2) is 9.18 Å². The zero-order valence-corrected chi connectivity index (χ0v) is 4.93. The van der Waals surface area contributed by atoms with Crippen LogP contribution in [0.15, 0.2) is 11.8 Å². The van der Waals surface area contributed by atoms with E-state index in [-0.39, 0.29) is 5.57 Å². The fourth-order valence-corrected chi connectivity index (χ4v) is 0.273. The lowest BCUT2D eigenvalue weighted by Crippen LogP contribution is -2.05. The fraction of sp³-hybridized carbons (Fsp3) is 0.400. The Balaban J connectivity index is 3.97. The fourth-order valence-electron chi connectivity index (χ4n) is 0.273. The van der Waals surface area contributed by atoms with Crippen molar-refractivity contribution in [1.82, 2.24) is 0 Å². The first-order valence-electron chi connectivity index (χ1n) is 2.23. The second-order valence-corrected chi connectivity index (χ2v) is 1.28. The molecule has 52 valence electrons. The number of hydrogen-bond donors (Lipinski definition) is 1. The lowest BCUT2D eigenvalue weighted by atomic mass is 10.3. The molecule has 9 heavy (non-hydrogen) atoms. The highest BCUT2D eigenvalue weighted by Crippen LogP contribution is 1.95. The van der Waals surface area contributed by atoms with Crippen molar-refractivity contribution in [3.8, 4) is 0 Å². The van der Waals surface area contributed by atoms with E-state index in [9.17, 15) is 9.18 Å². The molecule has 0 aliphatic rings. The van der Waals surface area contributed by atoms with Gasteiger partial charge in [0.1, 0.15) is 12.2 Å². The van der Waals surface area contributed by atoms with Gasteiger partial charge in [-0.3, -0.25) is 0 Å². The lowest BCUT2D eigenvalue weighted by molar-refractivity contribution is -0.136. The number of carbonyl (C=O) groups is 1. The predicted octanol–water partition coefficient (Wildman–Crippen LogP) is 0.571. The van der Waals surface area contributed by atoms with Crippen molar-refractivity contribution in [2.24, 2.45) is 0 Å². The van der Waals surface area contributed by atoms with Gasteiger partial charge in [0.2, 0.25) is 0 Å². The minimum Gasteiger partial charge on any atom is -0.515 e. The molecule has 0 saturated carbocycles. The lowest BCUT2D eigenvalue weighted by Gasteiger charge is -1.95. The van der Waals surface area contributed by atoms with Crippen LogP contribution in [0, 0.1) is 0 Å². The summed E-state index contributed by atoms with van der Waals surface area (Å²) in [6.45, 7) is -1.01. The second kappa shape index (κ2) is 3.88. The number of aliphatic hydroxyl groups excluding tert-OH is 1. The molecule has 0 radical (unpaired) electrons. The normalized spacial score (nSPS) is 11.1. The number of hydrogen-bond acceptors (Lipinski definition) is 3. The van der Waals surface area contributed by atoms with Crippen molar-refractivity contribution >= 4 is 5.97 Å². The Morgan fingerprint density at radius 1 is 1.89 bits per heavy atom. The summed E-state index contributed by atoms with van der Waals surface area (Å²) in [5.74, 6) is -0.847. The molecule has 0 aromatic heterocycles. The third-order valence-electron chi connectivity index (χ3n) is 0.747. The number of methoxy groups -OCH3 is 1. The molecule has 0 aromatic carbocycles. The van der Waals surface area contributed by atoms with Gasteiger partial charge in [-0.1, -0.05) is 0 Å². The van der Waals surface area contributed by atoms with Gasteiger partial charge in [0.05, 0.1) is 13.4 Å². The average molecular weight is 134 g/mol. The SMILES string of the molecule is COC(=O)C(=CO)CF. The highest BCUT2D eigenvalue weighted by molar-refractivity contribution is 5.88. The van der Waals surface area contributed by atoms with Crippen LogP contribution in [0.2, 0.25) is 0 Å². The molecule has 0 aliphatic carbocycles. The molecule has 4 heteroatoms. The van der Waals surface area contributed by atoms with Crippen LogP contribution in [0.5, 0.6) is 0 Å². The first-order valence-corrected chi connectivity index (χ1v) is 2.23. The van der Waals surface area contributed by atoms with Crippen LogP contribution in [0.25, 0.3) is 0 Å². The highest BCUT2D eigenvalue weighted by Gasteiger charge is 2.07. The smallest absolute Gasteiger partial charge is 0.339 e. The Morgan fingerprint density at radius 3 is 2.56 bits per heavy atom. The van der Waals surface area contributed by atoms with Gasteiger partial charge in [-0.2, -0.15) is 0 Å². The van der Waals surface area contributed by atoms with E-state index in [4.69, 9.17) is 5.11 Å². The van der Waals surface area contributed by atoms with Crippen molar-refractivity contribution in [3.63, 3.8) is 0 Å². The van der Waals surface area contributed by atoms with E-state index < -0.39 is 12.6 Å². The molecule has 0 saturated heterocycles. The number of aliphatic hydroxyl groups is 1. The number of halogens is 1. The van der Waals surface area contributed by atoms with E-state index in [2.05, 4.69) is 4.74 Å². The van der Waals surface area contributed by atoms with E-state index in [0.29, 0.717) is 6.26 Å². The molecule has 0 amide bonds. The molecular weight excluding hydrogens is 127 g/mol. The number of alkyl halides is 1. The van der Waals surface area contributed by atoms with Crippen LogP contribution < -0.4 is 0 Å². The summed E-state index contributed by atoms with van der Waals surface area (Å²) in [7, 11) is 1.11. The Labute approximate surface area is 51.7 Å². The Kier molecular flexibility index (Phi) is 3.43. The molecule has 0 atom stereocenters. The van der Waals surface area contributed by atoms with Gasteiger partial charge >= 0.3 is 5.97 Å². The van der Waals surface area contributed by atoms with Crippen LogP contribution in [0.4, 0.5) is 4.39 Å². The molecule has 0 heterocycles. The quantitative estimate of drug-likeness (QED) is 0.341. The third-order valence-corrected chi connectivity index (χ3v) is 0.747. The molecule has 1 N–H and O–H groups in total. The Bertz CT molecular complexity index is 130. The summed E-state index contributed by atoms with van der Waals surface area (Å²) in [6, 6.07) is 0. The standard InChI is InChI=1S/C5H7FO3/c1-9-5(8)4(2-6)3-7/h3,7H,2H2,1H3. The van der Waals surface area contributed by atoms with E-state index in [1.165, 1.54) is 0 Å². The zero-order valence-electron chi connectivity index (χ0n) is 4.93. The summed E-state index contributed by atoms with van der Waals surface area (Å²) in [5.41, 5.74) is -0.377. The van der Waals surface area contributed by atoms with Crippen molar-refractivity contribution in [2.75, 3.05) is 13.8 Å². The summed E-state index contributed by atoms with van der Waals surface area (Å²) in [5, 5.41) is 8.12. The molecular formula is C5H7FO3. The average Bonchev–Trinajstić information content (AvgIpc) is 1.90. The second-order valence-electron chi connectivity index (χ2n) is 1.28. The Morgan fingerprint density at radius 2 is 2.44 bits per heavy atom. The van der Waals surface area contributed by atoms with Gasteiger partial charge in [0.25, 0.3) is 0 Å². The van der Waals surface area contributed by atoms with Crippen molar-refractivity contribution in [3.05, 3.63) is 11.8 Å². The highest BCUT2D eigenvalue weighted by atomic mass is 19.1. The van der Waals surface area contributed by atoms with Crippen molar-refractivity contribution < 1.29 is 19.0 Å². The van der Waals surface area contributed by atoms with E-state index in [1.54, 1.807) is 0 Å². The summed E-state index contributed by atoms with van der Waals surface area (Å²) >= 11 is 0. The van der Waals surface area contributed by atoms with E-state index in [1.807, 2.05) is 0 Å². The van der Waals surface area contributed by atoms with Gasteiger partial charge in [-0.05, 0) is 0 Å².